The minimum Gasteiger partial charge on any atom is -0.488 e. The van der Waals surface area contributed by atoms with Gasteiger partial charge in [0.05, 0.1) is 24.1 Å². The number of nitrogens with one attached hydrogen (secondary N) is 1. The second-order valence-electron chi connectivity index (χ2n) is 4.91. The van der Waals surface area contributed by atoms with Gasteiger partial charge in [0, 0.05) is 10.6 Å². The van der Waals surface area contributed by atoms with Crippen molar-refractivity contribution in [2.24, 2.45) is 5.73 Å². The van der Waals surface area contributed by atoms with E-state index >= 15 is 0 Å². The molecule has 3 N–H and O–H groups in total. The molecule has 0 unspecified atom stereocenters. The first kappa shape index (κ1) is 15.3. The minimum atomic E-state index is -0.415. The van der Waals surface area contributed by atoms with Gasteiger partial charge in [0.2, 0.25) is 0 Å². The van der Waals surface area contributed by atoms with Gasteiger partial charge in [-0.3, -0.25) is 10.4 Å². The summed E-state index contributed by atoms with van der Waals surface area (Å²) in [5.74, 6) is 0.348. The Morgan fingerprint density at radius 2 is 2.26 bits per heavy atom. The third kappa shape index (κ3) is 2.98. The molecule has 0 radical (unpaired) electrons. The van der Waals surface area contributed by atoms with E-state index < -0.39 is 5.82 Å². The summed E-state index contributed by atoms with van der Waals surface area (Å²) in [7, 11) is 0. The molecule has 0 amide bonds. The third-order valence-electron chi connectivity index (χ3n) is 3.46. The third-order valence-corrected chi connectivity index (χ3v) is 3.69. The summed E-state index contributed by atoms with van der Waals surface area (Å²) >= 11 is 5.94. The predicted molar refractivity (Wildman–Crippen MR) is 88.5 cm³/mol. The Bertz CT molecular complexity index is 794. The van der Waals surface area contributed by atoms with Crippen LogP contribution in [0.2, 0.25) is 5.02 Å². The highest BCUT2D eigenvalue weighted by Gasteiger charge is 2.22. The Labute approximate surface area is 137 Å². The quantitative estimate of drug-likeness (QED) is 0.654. The van der Waals surface area contributed by atoms with E-state index in [1.807, 2.05) is 0 Å². The number of aromatic nitrogens is 1. The monoisotopic (exact) mass is 332 g/mol. The standard InChI is InChI=1S/C16H14ClFN4O/c17-10-1-2-12(18)11(7-10)13-8-14-15(9-21-13)23-6-5-22(14)16(20)3-4-19/h1-4,7-9,20H,5-6,19H2/b4-3-,20-16?. The summed E-state index contributed by atoms with van der Waals surface area (Å²) in [6.45, 7) is 0.929. The fourth-order valence-corrected chi connectivity index (χ4v) is 2.57. The highest BCUT2D eigenvalue weighted by molar-refractivity contribution is 6.30. The molecule has 118 valence electrons. The van der Waals surface area contributed by atoms with Gasteiger partial charge in [-0.25, -0.2) is 4.39 Å². The van der Waals surface area contributed by atoms with Crippen LogP contribution in [0, 0.1) is 11.2 Å². The van der Waals surface area contributed by atoms with Crippen LogP contribution in [0.4, 0.5) is 10.1 Å². The van der Waals surface area contributed by atoms with Crippen LogP contribution in [-0.2, 0) is 0 Å². The number of pyridine rings is 1. The van der Waals surface area contributed by atoms with Crippen molar-refractivity contribution in [1.82, 2.24) is 4.98 Å². The maximum Gasteiger partial charge on any atom is 0.161 e. The minimum absolute atomic E-state index is 0.223. The van der Waals surface area contributed by atoms with Gasteiger partial charge in [-0.05, 0) is 36.5 Å². The Hall–Kier alpha value is -2.60. The molecule has 0 fully saturated rings. The van der Waals surface area contributed by atoms with E-state index in [2.05, 4.69) is 4.98 Å². The van der Waals surface area contributed by atoms with Gasteiger partial charge in [0.1, 0.15) is 18.3 Å². The maximum atomic E-state index is 14.1. The smallest absolute Gasteiger partial charge is 0.161 e. The summed E-state index contributed by atoms with van der Waals surface area (Å²) in [4.78, 5) is 5.97. The first-order valence-electron chi connectivity index (χ1n) is 6.93. The van der Waals surface area contributed by atoms with Crippen LogP contribution in [0.3, 0.4) is 0 Å². The van der Waals surface area contributed by atoms with Crippen molar-refractivity contribution < 1.29 is 9.13 Å². The molecule has 0 spiro atoms. The van der Waals surface area contributed by atoms with Crippen LogP contribution in [0.1, 0.15) is 0 Å². The van der Waals surface area contributed by atoms with E-state index in [0.29, 0.717) is 40.9 Å². The molecule has 0 atom stereocenters. The van der Waals surface area contributed by atoms with Gasteiger partial charge < -0.3 is 15.4 Å². The molecule has 1 aromatic carbocycles. The van der Waals surface area contributed by atoms with Crippen molar-refractivity contribution in [3.8, 4) is 17.0 Å². The number of fused-ring (bicyclic) bond motifs is 1. The maximum absolute atomic E-state index is 14.1. The number of anilines is 1. The molecule has 2 heterocycles. The largest absolute Gasteiger partial charge is 0.488 e. The molecule has 5 nitrogen and oxygen atoms in total. The van der Waals surface area contributed by atoms with Gasteiger partial charge in [-0.1, -0.05) is 11.6 Å². The van der Waals surface area contributed by atoms with E-state index in [-0.39, 0.29) is 5.84 Å². The van der Waals surface area contributed by atoms with E-state index in [1.54, 1.807) is 11.0 Å². The zero-order valence-electron chi connectivity index (χ0n) is 12.1. The van der Waals surface area contributed by atoms with Crippen LogP contribution in [0.15, 0.2) is 42.7 Å². The predicted octanol–water partition coefficient (Wildman–Crippen LogP) is 3.19. The molecule has 1 aromatic heterocycles. The van der Waals surface area contributed by atoms with Gasteiger partial charge >= 0.3 is 0 Å². The average molecular weight is 333 g/mol. The highest BCUT2D eigenvalue weighted by Crippen LogP contribution is 2.35. The van der Waals surface area contributed by atoms with E-state index in [0.717, 1.165) is 0 Å². The molecule has 0 saturated carbocycles. The molecule has 0 saturated heterocycles. The van der Waals surface area contributed by atoms with Gasteiger partial charge in [0.15, 0.2) is 5.75 Å². The average Bonchev–Trinajstić information content (AvgIpc) is 2.56. The summed E-state index contributed by atoms with van der Waals surface area (Å²) < 4.78 is 19.6. The van der Waals surface area contributed by atoms with E-state index in [9.17, 15) is 4.39 Å². The summed E-state index contributed by atoms with van der Waals surface area (Å²) in [5.41, 5.74) is 6.72. The number of hydrogen-bond acceptors (Lipinski definition) is 4. The highest BCUT2D eigenvalue weighted by atomic mass is 35.5. The van der Waals surface area contributed by atoms with Crippen LogP contribution in [0.5, 0.6) is 5.75 Å². The number of nitrogens with zero attached hydrogens (tertiary/aromatic N) is 2. The number of hydrogen-bond donors (Lipinski definition) is 2. The lowest BCUT2D eigenvalue weighted by Gasteiger charge is -2.30. The lowest BCUT2D eigenvalue weighted by atomic mass is 10.1. The lowest BCUT2D eigenvalue weighted by Crippen LogP contribution is -2.36. The zero-order chi connectivity index (χ0) is 16.4. The van der Waals surface area contributed by atoms with E-state index in [4.69, 9.17) is 27.5 Å². The van der Waals surface area contributed by atoms with Crippen LogP contribution >= 0.6 is 11.6 Å². The van der Waals surface area contributed by atoms with Crippen LogP contribution in [0.25, 0.3) is 11.3 Å². The summed E-state index contributed by atoms with van der Waals surface area (Å²) in [5, 5.41) is 8.48. The van der Waals surface area contributed by atoms with Crippen molar-refractivity contribution >= 4 is 23.1 Å². The molecular weight excluding hydrogens is 319 g/mol. The molecule has 1 aliphatic rings. The Balaban J connectivity index is 2.08. The summed E-state index contributed by atoms with van der Waals surface area (Å²) in [6, 6.07) is 5.98. The van der Waals surface area contributed by atoms with Gasteiger partial charge in [-0.2, -0.15) is 0 Å². The molecule has 3 rings (SSSR count). The lowest BCUT2D eigenvalue weighted by molar-refractivity contribution is 0.314. The molecule has 0 aliphatic carbocycles. The SMILES string of the molecule is N=C(/C=C\N)N1CCOc2cnc(-c3cc(Cl)ccc3F)cc21. The Morgan fingerprint density at radius 1 is 1.43 bits per heavy atom. The first-order valence-corrected chi connectivity index (χ1v) is 7.30. The van der Waals surface area contributed by atoms with Crippen LogP contribution in [-0.4, -0.2) is 24.0 Å². The van der Waals surface area contributed by atoms with Crippen molar-refractivity contribution in [3.05, 3.63) is 53.6 Å². The summed E-state index contributed by atoms with van der Waals surface area (Å²) in [6.07, 6.45) is 4.31. The molecule has 2 aromatic rings. The number of rotatable bonds is 2. The van der Waals surface area contributed by atoms with Crippen molar-refractivity contribution in [2.45, 2.75) is 0 Å². The number of benzene rings is 1. The number of halogens is 2. The number of nitrogens with two attached hydrogens (primary N) is 1. The van der Waals surface area contributed by atoms with Gasteiger partial charge in [0.25, 0.3) is 0 Å². The Morgan fingerprint density at radius 3 is 3.04 bits per heavy atom. The second kappa shape index (κ2) is 6.26. The molecule has 7 heteroatoms. The first-order chi connectivity index (χ1) is 11.1. The normalized spacial score (nSPS) is 13.7. The number of amidine groups is 1. The second-order valence-corrected chi connectivity index (χ2v) is 5.34. The van der Waals surface area contributed by atoms with Crippen molar-refractivity contribution in [2.75, 3.05) is 18.1 Å². The number of ether oxygens (including phenoxy) is 1. The van der Waals surface area contributed by atoms with Crippen molar-refractivity contribution in [3.63, 3.8) is 0 Å². The fraction of sp³-hybridized carbons (Fsp3) is 0.125. The van der Waals surface area contributed by atoms with Gasteiger partial charge in [-0.15, -0.1) is 0 Å². The topological polar surface area (TPSA) is 75.2 Å². The fourth-order valence-electron chi connectivity index (χ4n) is 2.39. The Kier molecular flexibility index (Phi) is 4.16. The molecule has 0 bridgehead atoms. The molecule has 1 aliphatic heterocycles. The van der Waals surface area contributed by atoms with Crippen molar-refractivity contribution in [1.29, 1.82) is 5.41 Å². The van der Waals surface area contributed by atoms with Crippen LogP contribution < -0.4 is 15.4 Å². The molecule has 23 heavy (non-hydrogen) atoms. The van der Waals surface area contributed by atoms with E-state index in [1.165, 1.54) is 36.7 Å². The zero-order valence-corrected chi connectivity index (χ0v) is 12.8. The molecular formula is C16H14ClFN4O.